The van der Waals surface area contributed by atoms with Crippen LogP contribution < -0.4 is 9.64 Å². The molecular formula is C23H28FN3O5S. The molecule has 8 nitrogen and oxygen atoms in total. The number of para-hydroxylation sites is 1. The molecule has 2 fully saturated rings. The molecule has 2 aromatic carbocycles. The summed E-state index contributed by atoms with van der Waals surface area (Å²) >= 11 is 0. The molecule has 33 heavy (non-hydrogen) atoms. The number of sulfonamides is 1. The van der Waals surface area contributed by atoms with Gasteiger partial charge in [0.15, 0.2) is 6.10 Å². The van der Waals surface area contributed by atoms with E-state index in [0.29, 0.717) is 50.8 Å². The quantitative estimate of drug-likeness (QED) is 0.633. The van der Waals surface area contributed by atoms with Crippen molar-refractivity contribution >= 4 is 21.6 Å². The number of rotatable bonds is 6. The number of piperazine rings is 1. The second-order valence-electron chi connectivity index (χ2n) is 8.01. The molecule has 4 rings (SSSR count). The Bertz CT molecular complexity index is 1070. The third kappa shape index (κ3) is 5.29. The van der Waals surface area contributed by atoms with Gasteiger partial charge in [0.1, 0.15) is 11.6 Å². The van der Waals surface area contributed by atoms with Crippen molar-refractivity contribution < 1.29 is 27.1 Å². The molecule has 0 radical (unpaired) electrons. The molecule has 0 N–H and O–H groups in total. The number of hydrogen-bond donors (Lipinski definition) is 0. The lowest BCUT2D eigenvalue weighted by Gasteiger charge is -2.35. The summed E-state index contributed by atoms with van der Waals surface area (Å²) in [5.74, 6) is -0.0131. The number of hydrogen-bond acceptors (Lipinski definition) is 6. The minimum absolute atomic E-state index is 0.122. The van der Waals surface area contributed by atoms with Crippen molar-refractivity contribution in [1.29, 1.82) is 0 Å². The van der Waals surface area contributed by atoms with Crippen LogP contribution in [0.2, 0.25) is 0 Å². The molecule has 178 valence electrons. The van der Waals surface area contributed by atoms with E-state index in [2.05, 4.69) is 0 Å². The van der Waals surface area contributed by atoms with Crippen molar-refractivity contribution in [2.75, 3.05) is 57.4 Å². The van der Waals surface area contributed by atoms with E-state index in [-0.39, 0.29) is 29.7 Å². The highest BCUT2D eigenvalue weighted by atomic mass is 32.2. The minimum Gasteiger partial charge on any atom is -0.481 e. The SMILES string of the molecule is C[C@H](Oc1ccc(S(=O)(=O)N2CCN(c3ccccc3F)CC2)cc1)C(=O)N1CCOCC1. The average Bonchev–Trinajstić information content (AvgIpc) is 2.85. The van der Waals surface area contributed by atoms with Crippen molar-refractivity contribution in [3.63, 3.8) is 0 Å². The molecule has 2 aromatic rings. The molecule has 0 aliphatic carbocycles. The summed E-state index contributed by atoms with van der Waals surface area (Å²) < 4.78 is 52.6. The van der Waals surface area contributed by atoms with Gasteiger partial charge in [-0.15, -0.1) is 0 Å². The Balaban J connectivity index is 1.36. The molecule has 2 aliphatic heterocycles. The van der Waals surface area contributed by atoms with Crippen molar-refractivity contribution in [2.45, 2.75) is 17.9 Å². The molecule has 0 spiro atoms. The maximum absolute atomic E-state index is 14.0. The molecule has 10 heteroatoms. The van der Waals surface area contributed by atoms with Crippen molar-refractivity contribution in [3.8, 4) is 5.75 Å². The van der Waals surface area contributed by atoms with Crippen LogP contribution in [0.15, 0.2) is 53.4 Å². The Morgan fingerprint density at radius 2 is 1.61 bits per heavy atom. The van der Waals surface area contributed by atoms with E-state index in [4.69, 9.17) is 9.47 Å². The van der Waals surface area contributed by atoms with E-state index in [1.165, 1.54) is 22.5 Å². The molecule has 0 unspecified atom stereocenters. The highest BCUT2D eigenvalue weighted by molar-refractivity contribution is 7.89. The van der Waals surface area contributed by atoms with Crippen molar-refractivity contribution in [2.24, 2.45) is 0 Å². The van der Waals surface area contributed by atoms with Crippen LogP contribution in [0.25, 0.3) is 0 Å². The summed E-state index contributed by atoms with van der Waals surface area (Å²) in [5.41, 5.74) is 0.483. The lowest BCUT2D eigenvalue weighted by atomic mass is 10.2. The molecule has 0 bridgehead atoms. The van der Waals surface area contributed by atoms with Gasteiger partial charge in [0, 0.05) is 39.3 Å². The number of ether oxygens (including phenoxy) is 2. The molecule has 2 saturated heterocycles. The molecule has 1 amide bonds. The standard InChI is InChI=1S/C23H28FN3O5S/c1-18(23(28)26-14-16-31-17-15-26)32-19-6-8-20(9-7-19)33(29,30)27-12-10-25(11-13-27)22-5-3-2-4-21(22)24/h2-9,18H,10-17H2,1H3/t18-/m0/s1. The van der Waals surface area contributed by atoms with Crippen LogP contribution in [0, 0.1) is 5.82 Å². The van der Waals surface area contributed by atoms with Crippen molar-refractivity contribution in [1.82, 2.24) is 9.21 Å². The maximum atomic E-state index is 14.0. The van der Waals surface area contributed by atoms with Crippen LogP contribution in [0.4, 0.5) is 10.1 Å². The molecule has 2 heterocycles. The van der Waals surface area contributed by atoms with E-state index in [9.17, 15) is 17.6 Å². The predicted octanol–water partition coefficient (Wildman–Crippen LogP) is 1.96. The number of halogens is 1. The number of carbonyl (C=O) groups excluding carboxylic acids is 1. The zero-order valence-corrected chi connectivity index (χ0v) is 19.3. The van der Waals surface area contributed by atoms with Crippen LogP contribution in [-0.2, 0) is 19.6 Å². The second-order valence-corrected chi connectivity index (χ2v) is 9.95. The molecule has 0 saturated carbocycles. The molecule has 2 aliphatic rings. The van der Waals surface area contributed by atoms with Gasteiger partial charge in [-0.25, -0.2) is 12.8 Å². The van der Waals surface area contributed by atoms with E-state index < -0.39 is 16.1 Å². The van der Waals surface area contributed by atoms with Gasteiger partial charge in [0.05, 0.1) is 23.8 Å². The first-order valence-corrected chi connectivity index (χ1v) is 12.4. The molecule has 1 atom stereocenters. The Morgan fingerprint density at radius 1 is 0.970 bits per heavy atom. The zero-order valence-electron chi connectivity index (χ0n) is 18.5. The van der Waals surface area contributed by atoms with Gasteiger partial charge in [0.2, 0.25) is 10.0 Å². The average molecular weight is 478 g/mol. The third-order valence-corrected chi connectivity index (χ3v) is 7.79. The van der Waals surface area contributed by atoms with E-state index in [1.54, 1.807) is 42.2 Å². The van der Waals surface area contributed by atoms with Crippen LogP contribution in [0.1, 0.15) is 6.92 Å². The normalized spacial score (nSPS) is 18.7. The third-order valence-electron chi connectivity index (χ3n) is 5.88. The lowest BCUT2D eigenvalue weighted by molar-refractivity contribution is -0.142. The van der Waals surface area contributed by atoms with Gasteiger partial charge in [-0.2, -0.15) is 4.31 Å². The fourth-order valence-electron chi connectivity index (χ4n) is 4.01. The summed E-state index contributed by atoms with van der Waals surface area (Å²) in [5, 5.41) is 0. The highest BCUT2D eigenvalue weighted by Gasteiger charge is 2.29. The first-order valence-electron chi connectivity index (χ1n) is 11.0. The van der Waals surface area contributed by atoms with E-state index in [0.717, 1.165) is 0 Å². The number of morpholine rings is 1. The second kappa shape index (κ2) is 10.1. The van der Waals surface area contributed by atoms with Crippen LogP contribution in [0.5, 0.6) is 5.75 Å². The summed E-state index contributed by atoms with van der Waals surface area (Å²) in [4.78, 5) is 16.2. The number of anilines is 1. The summed E-state index contributed by atoms with van der Waals surface area (Å²) in [6.07, 6.45) is -0.683. The zero-order chi connectivity index (χ0) is 23.4. The maximum Gasteiger partial charge on any atom is 0.263 e. The van der Waals surface area contributed by atoms with Gasteiger partial charge in [-0.1, -0.05) is 12.1 Å². The molecule has 0 aromatic heterocycles. The van der Waals surface area contributed by atoms with Crippen LogP contribution in [-0.4, -0.2) is 82.1 Å². The summed E-state index contributed by atoms with van der Waals surface area (Å²) in [6, 6.07) is 12.6. The fraction of sp³-hybridized carbons (Fsp3) is 0.435. The number of carbonyl (C=O) groups is 1. The number of benzene rings is 2. The van der Waals surface area contributed by atoms with Crippen LogP contribution in [0.3, 0.4) is 0 Å². The van der Waals surface area contributed by atoms with Gasteiger partial charge < -0.3 is 19.3 Å². The lowest BCUT2D eigenvalue weighted by Crippen LogP contribution is -2.48. The van der Waals surface area contributed by atoms with Gasteiger partial charge >= 0.3 is 0 Å². The van der Waals surface area contributed by atoms with Gasteiger partial charge in [0.25, 0.3) is 5.91 Å². The number of nitrogens with zero attached hydrogens (tertiary/aromatic N) is 3. The Morgan fingerprint density at radius 3 is 2.24 bits per heavy atom. The Hall–Kier alpha value is -2.69. The van der Waals surface area contributed by atoms with E-state index in [1.807, 2.05) is 4.90 Å². The Labute approximate surface area is 193 Å². The Kier molecular flexibility index (Phi) is 7.16. The first-order chi connectivity index (χ1) is 15.9. The van der Waals surface area contributed by atoms with Crippen LogP contribution >= 0.6 is 0 Å². The number of amides is 1. The van der Waals surface area contributed by atoms with Crippen molar-refractivity contribution in [3.05, 3.63) is 54.3 Å². The van der Waals surface area contributed by atoms with E-state index >= 15 is 0 Å². The summed E-state index contributed by atoms with van der Waals surface area (Å²) in [7, 11) is -3.69. The smallest absolute Gasteiger partial charge is 0.263 e. The summed E-state index contributed by atoms with van der Waals surface area (Å²) in [6.45, 7) is 5.11. The molecular weight excluding hydrogens is 449 g/mol. The van der Waals surface area contributed by atoms with Gasteiger partial charge in [-0.3, -0.25) is 4.79 Å². The van der Waals surface area contributed by atoms with Gasteiger partial charge in [-0.05, 0) is 43.3 Å². The highest BCUT2D eigenvalue weighted by Crippen LogP contribution is 2.24. The topological polar surface area (TPSA) is 79.4 Å². The monoisotopic (exact) mass is 477 g/mol. The first kappa shape index (κ1) is 23.5. The minimum atomic E-state index is -3.69. The fourth-order valence-corrected chi connectivity index (χ4v) is 5.43. The largest absolute Gasteiger partial charge is 0.481 e. The predicted molar refractivity (Wildman–Crippen MR) is 121 cm³/mol.